The number of ether oxygens (including phenoxy) is 3. The second-order valence-electron chi connectivity index (χ2n) is 5.46. The van der Waals surface area contributed by atoms with Gasteiger partial charge in [-0.1, -0.05) is 6.07 Å². The summed E-state index contributed by atoms with van der Waals surface area (Å²) in [5.74, 6) is 1.54. The molecule has 3 atom stereocenters. The van der Waals surface area contributed by atoms with Crippen LogP contribution in [-0.2, 0) is 4.74 Å². The fourth-order valence-corrected chi connectivity index (χ4v) is 2.67. The normalized spacial score (nSPS) is 24.2. The molecule has 0 aliphatic heterocycles. The van der Waals surface area contributed by atoms with E-state index in [0.29, 0.717) is 6.10 Å². The van der Waals surface area contributed by atoms with Crippen LogP contribution in [0.15, 0.2) is 18.2 Å². The molecule has 1 fully saturated rings. The van der Waals surface area contributed by atoms with Gasteiger partial charge >= 0.3 is 0 Å². The van der Waals surface area contributed by atoms with Crippen LogP contribution in [0.3, 0.4) is 0 Å². The standard InChI is InChI=1S/C16H25NO3/c1-11(17)12-7-8-15(16(9-12)19-3)20-14-6-4-5-13(10-14)18-2/h7-9,11,13-14H,4-6,10,17H2,1-3H3/t11-,13?,14?/m0/s1. The molecule has 0 heterocycles. The Balaban J connectivity index is 2.08. The third kappa shape index (κ3) is 3.64. The molecule has 1 aromatic rings. The van der Waals surface area contributed by atoms with E-state index >= 15 is 0 Å². The fourth-order valence-electron chi connectivity index (χ4n) is 2.67. The molecule has 2 unspecified atom stereocenters. The number of nitrogens with two attached hydrogens (primary N) is 1. The summed E-state index contributed by atoms with van der Waals surface area (Å²) in [7, 11) is 3.43. The van der Waals surface area contributed by atoms with Gasteiger partial charge in [0.2, 0.25) is 0 Å². The van der Waals surface area contributed by atoms with E-state index in [2.05, 4.69) is 0 Å². The highest BCUT2D eigenvalue weighted by atomic mass is 16.5. The van der Waals surface area contributed by atoms with Gasteiger partial charge in [-0.15, -0.1) is 0 Å². The van der Waals surface area contributed by atoms with Crippen LogP contribution in [0.1, 0.15) is 44.2 Å². The van der Waals surface area contributed by atoms with Gasteiger partial charge in [0.25, 0.3) is 0 Å². The molecular formula is C16H25NO3. The van der Waals surface area contributed by atoms with Crippen molar-refractivity contribution in [3.05, 3.63) is 23.8 Å². The van der Waals surface area contributed by atoms with Crippen molar-refractivity contribution < 1.29 is 14.2 Å². The van der Waals surface area contributed by atoms with E-state index in [1.807, 2.05) is 25.1 Å². The number of benzene rings is 1. The molecule has 0 amide bonds. The van der Waals surface area contributed by atoms with Crippen LogP contribution in [0.25, 0.3) is 0 Å². The van der Waals surface area contributed by atoms with Crippen molar-refractivity contribution >= 4 is 0 Å². The van der Waals surface area contributed by atoms with E-state index < -0.39 is 0 Å². The molecule has 0 bridgehead atoms. The van der Waals surface area contributed by atoms with Crippen LogP contribution >= 0.6 is 0 Å². The van der Waals surface area contributed by atoms with Crippen LogP contribution < -0.4 is 15.2 Å². The molecule has 0 radical (unpaired) electrons. The second-order valence-corrected chi connectivity index (χ2v) is 5.46. The Labute approximate surface area is 121 Å². The van der Waals surface area contributed by atoms with Gasteiger partial charge in [-0.2, -0.15) is 0 Å². The van der Waals surface area contributed by atoms with Gasteiger partial charge in [0.15, 0.2) is 11.5 Å². The molecule has 4 heteroatoms. The highest BCUT2D eigenvalue weighted by Crippen LogP contribution is 2.33. The lowest BCUT2D eigenvalue weighted by atomic mass is 9.95. The first-order valence-electron chi connectivity index (χ1n) is 7.27. The molecule has 0 saturated heterocycles. The SMILES string of the molecule is COc1cc([C@H](C)N)ccc1OC1CCCC(OC)C1. The largest absolute Gasteiger partial charge is 0.493 e. The lowest BCUT2D eigenvalue weighted by molar-refractivity contribution is 0.0201. The van der Waals surface area contributed by atoms with Crippen molar-refractivity contribution in [2.24, 2.45) is 5.73 Å². The minimum atomic E-state index is -0.00879. The van der Waals surface area contributed by atoms with Gasteiger partial charge in [0, 0.05) is 19.6 Å². The van der Waals surface area contributed by atoms with E-state index in [-0.39, 0.29) is 12.1 Å². The summed E-state index contributed by atoms with van der Waals surface area (Å²) in [5.41, 5.74) is 6.94. The highest BCUT2D eigenvalue weighted by Gasteiger charge is 2.24. The molecule has 1 aromatic carbocycles. The van der Waals surface area contributed by atoms with Crippen LogP contribution in [0.5, 0.6) is 11.5 Å². The predicted octanol–water partition coefficient (Wildman–Crippen LogP) is 3.05. The van der Waals surface area contributed by atoms with E-state index in [1.165, 1.54) is 0 Å². The molecule has 2 rings (SSSR count). The third-order valence-electron chi connectivity index (χ3n) is 3.92. The Morgan fingerprint density at radius 2 is 1.90 bits per heavy atom. The van der Waals surface area contributed by atoms with Gasteiger partial charge in [0.05, 0.1) is 13.2 Å². The molecule has 4 nitrogen and oxygen atoms in total. The summed E-state index contributed by atoms with van der Waals surface area (Å²) >= 11 is 0. The van der Waals surface area contributed by atoms with Crippen LogP contribution in [0, 0.1) is 0 Å². The maximum absolute atomic E-state index is 6.10. The summed E-state index contributed by atoms with van der Waals surface area (Å²) < 4.78 is 17.0. The van der Waals surface area contributed by atoms with Gasteiger partial charge < -0.3 is 19.9 Å². The maximum atomic E-state index is 6.10. The minimum absolute atomic E-state index is 0.00879. The monoisotopic (exact) mass is 279 g/mol. The second kappa shape index (κ2) is 6.95. The summed E-state index contributed by atoms with van der Waals surface area (Å²) in [4.78, 5) is 0. The number of rotatable bonds is 5. The quantitative estimate of drug-likeness (QED) is 0.900. The summed E-state index contributed by atoms with van der Waals surface area (Å²) in [6.07, 6.45) is 4.78. The van der Waals surface area contributed by atoms with Crippen LogP contribution in [0.4, 0.5) is 0 Å². The Kier molecular flexibility index (Phi) is 5.26. The Morgan fingerprint density at radius 3 is 2.55 bits per heavy atom. The molecule has 2 N–H and O–H groups in total. The number of hydrogen-bond acceptors (Lipinski definition) is 4. The van der Waals surface area contributed by atoms with Crippen molar-refractivity contribution in [2.45, 2.75) is 50.9 Å². The van der Waals surface area contributed by atoms with E-state index in [1.54, 1.807) is 14.2 Å². The fraction of sp³-hybridized carbons (Fsp3) is 0.625. The van der Waals surface area contributed by atoms with Crippen molar-refractivity contribution in [1.29, 1.82) is 0 Å². The van der Waals surface area contributed by atoms with E-state index in [0.717, 1.165) is 42.7 Å². The summed E-state index contributed by atoms with van der Waals surface area (Å²) in [5, 5.41) is 0. The smallest absolute Gasteiger partial charge is 0.161 e. The average molecular weight is 279 g/mol. The number of hydrogen-bond donors (Lipinski definition) is 1. The molecule has 1 aliphatic carbocycles. The first-order valence-corrected chi connectivity index (χ1v) is 7.27. The lowest BCUT2D eigenvalue weighted by Crippen LogP contribution is -2.29. The molecule has 112 valence electrons. The van der Waals surface area contributed by atoms with Gasteiger partial charge in [0.1, 0.15) is 6.10 Å². The van der Waals surface area contributed by atoms with Gasteiger partial charge in [-0.3, -0.25) is 0 Å². The van der Waals surface area contributed by atoms with Gasteiger partial charge in [-0.05, 0) is 43.9 Å². The summed E-state index contributed by atoms with van der Waals surface area (Å²) in [6, 6.07) is 5.90. The number of methoxy groups -OCH3 is 2. The summed E-state index contributed by atoms with van der Waals surface area (Å²) in [6.45, 7) is 1.96. The Morgan fingerprint density at radius 1 is 1.15 bits per heavy atom. The molecular weight excluding hydrogens is 254 g/mol. The molecule has 0 aromatic heterocycles. The van der Waals surface area contributed by atoms with E-state index in [9.17, 15) is 0 Å². The van der Waals surface area contributed by atoms with Crippen LogP contribution in [-0.4, -0.2) is 26.4 Å². The zero-order chi connectivity index (χ0) is 14.5. The van der Waals surface area contributed by atoms with Crippen molar-refractivity contribution in [3.63, 3.8) is 0 Å². The van der Waals surface area contributed by atoms with Crippen molar-refractivity contribution in [3.8, 4) is 11.5 Å². The molecule has 1 saturated carbocycles. The molecule has 0 spiro atoms. The highest BCUT2D eigenvalue weighted by molar-refractivity contribution is 5.43. The molecule has 20 heavy (non-hydrogen) atoms. The topological polar surface area (TPSA) is 53.7 Å². The predicted molar refractivity (Wildman–Crippen MR) is 79.3 cm³/mol. The van der Waals surface area contributed by atoms with Gasteiger partial charge in [-0.25, -0.2) is 0 Å². The third-order valence-corrected chi connectivity index (χ3v) is 3.92. The first kappa shape index (κ1) is 15.1. The van der Waals surface area contributed by atoms with Crippen LogP contribution in [0.2, 0.25) is 0 Å². The zero-order valence-electron chi connectivity index (χ0n) is 12.6. The maximum Gasteiger partial charge on any atom is 0.161 e. The first-order chi connectivity index (χ1) is 9.63. The zero-order valence-corrected chi connectivity index (χ0v) is 12.6. The average Bonchev–Trinajstić information content (AvgIpc) is 2.47. The van der Waals surface area contributed by atoms with Crippen molar-refractivity contribution in [1.82, 2.24) is 0 Å². The van der Waals surface area contributed by atoms with Crippen molar-refractivity contribution in [2.75, 3.05) is 14.2 Å². The Hall–Kier alpha value is -1.26. The molecule has 1 aliphatic rings. The van der Waals surface area contributed by atoms with E-state index in [4.69, 9.17) is 19.9 Å². The Bertz CT molecular complexity index is 434. The minimum Gasteiger partial charge on any atom is -0.493 e. The lowest BCUT2D eigenvalue weighted by Gasteiger charge is -2.29.